The summed E-state index contributed by atoms with van der Waals surface area (Å²) in [5.74, 6) is 1.26. The predicted molar refractivity (Wildman–Crippen MR) is 72.5 cm³/mol. The lowest BCUT2D eigenvalue weighted by atomic mass is 10.1. The molecule has 0 saturated heterocycles. The van der Waals surface area contributed by atoms with Crippen molar-refractivity contribution in [1.82, 2.24) is 10.2 Å². The number of nitrogens with zero attached hydrogens (tertiary/aromatic N) is 1. The van der Waals surface area contributed by atoms with Crippen molar-refractivity contribution in [2.75, 3.05) is 19.6 Å². The Morgan fingerprint density at radius 3 is 2.37 bits per heavy atom. The summed E-state index contributed by atoms with van der Waals surface area (Å²) in [6, 6.07) is 0.229. The highest BCUT2D eigenvalue weighted by atomic mass is 16.4. The molecule has 0 aromatic rings. The van der Waals surface area contributed by atoms with Gasteiger partial charge >= 0.3 is 5.97 Å². The molecule has 1 aliphatic rings. The van der Waals surface area contributed by atoms with E-state index in [1.807, 2.05) is 0 Å². The second kappa shape index (κ2) is 8.54. The first-order chi connectivity index (χ1) is 9.11. The first-order valence-electron chi connectivity index (χ1n) is 6.79. The van der Waals surface area contributed by atoms with Crippen LogP contribution in [0.3, 0.4) is 0 Å². The van der Waals surface area contributed by atoms with Crippen LogP contribution >= 0.6 is 0 Å². The summed E-state index contributed by atoms with van der Waals surface area (Å²) in [7, 11) is 0. The van der Waals surface area contributed by atoms with E-state index in [2.05, 4.69) is 11.2 Å². The molecule has 1 rings (SSSR count). The van der Waals surface area contributed by atoms with Gasteiger partial charge in [-0.25, -0.2) is 0 Å². The molecule has 1 aliphatic carbocycles. The van der Waals surface area contributed by atoms with E-state index in [0.717, 1.165) is 25.7 Å². The van der Waals surface area contributed by atoms with Gasteiger partial charge in [-0.05, 0) is 12.8 Å². The van der Waals surface area contributed by atoms with Crippen molar-refractivity contribution in [2.45, 2.75) is 44.6 Å². The van der Waals surface area contributed by atoms with Gasteiger partial charge in [0.15, 0.2) is 0 Å². The Labute approximate surface area is 114 Å². The topological polar surface area (TPSA) is 69.6 Å². The molecule has 19 heavy (non-hydrogen) atoms. The molecule has 106 valence electrons. The lowest BCUT2D eigenvalue weighted by molar-refractivity contribution is -0.138. The number of amides is 1. The molecule has 0 radical (unpaired) electrons. The summed E-state index contributed by atoms with van der Waals surface area (Å²) in [6.07, 6.45) is 12.0. The van der Waals surface area contributed by atoms with Crippen molar-refractivity contribution >= 4 is 11.9 Å². The fourth-order valence-electron chi connectivity index (χ4n) is 2.39. The van der Waals surface area contributed by atoms with Crippen LogP contribution < -0.4 is 5.32 Å². The lowest BCUT2D eigenvalue weighted by Crippen LogP contribution is -2.43. The monoisotopic (exact) mass is 266 g/mol. The lowest BCUT2D eigenvalue weighted by Gasteiger charge is -2.20. The molecule has 0 bridgehead atoms. The molecule has 0 unspecified atom stereocenters. The predicted octanol–water partition coefficient (Wildman–Crippen LogP) is 0.845. The van der Waals surface area contributed by atoms with E-state index in [0.29, 0.717) is 0 Å². The van der Waals surface area contributed by atoms with Crippen molar-refractivity contribution < 1.29 is 14.7 Å². The van der Waals surface area contributed by atoms with E-state index in [1.54, 1.807) is 0 Å². The number of aliphatic carboxylic acids is 1. The van der Waals surface area contributed by atoms with Gasteiger partial charge in [0.2, 0.25) is 5.91 Å². The molecule has 1 amide bonds. The molecular weight excluding hydrogens is 244 g/mol. The molecule has 0 atom stereocenters. The number of carboxylic acid groups (broad SMARTS) is 1. The molecule has 0 aromatic heterocycles. The van der Waals surface area contributed by atoms with Crippen LogP contribution in [0, 0.1) is 12.3 Å². The zero-order valence-electron chi connectivity index (χ0n) is 11.2. The highest BCUT2D eigenvalue weighted by Gasteiger charge is 2.17. The van der Waals surface area contributed by atoms with Gasteiger partial charge in [-0.15, -0.1) is 6.42 Å². The third-order valence-electron chi connectivity index (χ3n) is 3.26. The largest absolute Gasteiger partial charge is 0.480 e. The van der Waals surface area contributed by atoms with Gasteiger partial charge in [-0.2, -0.15) is 0 Å². The van der Waals surface area contributed by atoms with Crippen LogP contribution in [0.25, 0.3) is 0 Å². The SMILES string of the molecule is C#CCN(CC(=O)O)CC(=O)NC1CCCCCC1. The van der Waals surface area contributed by atoms with Gasteiger partial charge < -0.3 is 10.4 Å². The summed E-state index contributed by atoms with van der Waals surface area (Å²) in [5, 5.41) is 11.7. The van der Waals surface area contributed by atoms with Crippen LogP contribution in [0.4, 0.5) is 0 Å². The summed E-state index contributed by atoms with van der Waals surface area (Å²) in [5.41, 5.74) is 0. The molecule has 0 aromatic carbocycles. The molecule has 1 fully saturated rings. The first kappa shape index (κ1) is 15.5. The number of hydrogen-bond donors (Lipinski definition) is 2. The smallest absolute Gasteiger partial charge is 0.317 e. The summed E-state index contributed by atoms with van der Waals surface area (Å²) in [6.45, 7) is 0.0136. The van der Waals surface area contributed by atoms with Crippen molar-refractivity contribution in [2.24, 2.45) is 0 Å². The maximum Gasteiger partial charge on any atom is 0.317 e. The Morgan fingerprint density at radius 1 is 1.21 bits per heavy atom. The standard InChI is InChI=1S/C14H22N2O3/c1-2-9-16(11-14(18)19)10-13(17)15-12-7-5-3-4-6-8-12/h1,12H,3-11H2,(H,15,17)(H,18,19). The second-order valence-electron chi connectivity index (χ2n) is 5.00. The summed E-state index contributed by atoms with van der Waals surface area (Å²) >= 11 is 0. The van der Waals surface area contributed by atoms with Gasteiger partial charge in [-0.1, -0.05) is 31.6 Å². The van der Waals surface area contributed by atoms with Crippen LogP contribution in [0.1, 0.15) is 38.5 Å². The average molecular weight is 266 g/mol. The van der Waals surface area contributed by atoms with Gasteiger partial charge in [0.05, 0.1) is 19.6 Å². The highest BCUT2D eigenvalue weighted by molar-refractivity contribution is 5.79. The fraction of sp³-hybridized carbons (Fsp3) is 0.714. The number of carbonyl (C=O) groups excluding carboxylic acids is 1. The molecule has 0 aliphatic heterocycles. The van der Waals surface area contributed by atoms with Gasteiger partial charge in [-0.3, -0.25) is 14.5 Å². The average Bonchev–Trinajstić information content (AvgIpc) is 2.56. The number of carbonyl (C=O) groups is 2. The van der Waals surface area contributed by atoms with Gasteiger partial charge in [0.1, 0.15) is 0 Å². The van der Waals surface area contributed by atoms with E-state index in [4.69, 9.17) is 11.5 Å². The normalized spacial score (nSPS) is 16.6. The van der Waals surface area contributed by atoms with Gasteiger partial charge in [0, 0.05) is 6.04 Å². The van der Waals surface area contributed by atoms with E-state index in [9.17, 15) is 9.59 Å². The Balaban J connectivity index is 2.38. The van der Waals surface area contributed by atoms with Crippen molar-refractivity contribution in [3.05, 3.63) is 0 Å². The Kier molecular flexibility index (Phi) is 6.98. The third-order valence-corrected chi connectivity index (χ3v) is 3.26. The minimum absolute atomic E-state index is 0.0486. The second-order valence-corrected chi connectivity index (χ2v) is 5.00. The third kappa shape index (κ3) is 6.82. The van der Waals surface area contributed by atoms with E-state index in [-0.39, 0.29) is 31.6 Å². The van der Waals surface area contributed by atoms with E-state index >= 15 is 0 Å². The van der Waals surface area contributed by atoms with Crippen LogP contribution in [0.15, 0.2) is 0 Å². The van der Waals surface area contributed by atoms with Crippen molar-refractivity contribution in [3.8, 4) is 12.3 Å². The van der Waals surface area contributed by atoms with Crippen LogP contribution in [-0.4, -0.2) is 47.6 Å². The van der Waals surface area contributed by atoms with Crippen LogP contribution in [0.5, 0.6) is 0 Å². The maximum absolute atomic E-state index is 11.9. The summed E-state index contributed by atoms with van der Waals surface area (Å²) < 4.78 is 0. The van der Waals surface area contributed by atoms with Crippen LogP contribution in [-0.2, 0) is 9.59 Å². The zero-order chi connectivity index (χ0) is 14.1. The molecule has 0 spiro atoms. The highest BCUT2D eigenvalue weighted by Crippen LogP contribution is 2.17. The fourth-order valence-corrected chi connectivity index (χ4v) is 2.39. The van der Waals surface area contributed by atoms with E-state index < -0.39 is 5.97 Å². The zero-order valence-corrected chi connectivity index (χ0v) is 11.2. The molecule has 2 N–H and O–H groups in total. The molecule has 1 saturated carbocycles. The number of nitrogens with one attached hydrogen (secondary N) is 1. The minimum Gasteiger partial charge on any atom is -0.480 e. The number of hydrogen-bond acceptors (Lipinski definition) is 3. The number of rotatable bonds is 6. The Hall–Kier alpha value is -1.54. The number of terminal acetylenes is 1. The summed E-state index contributed by atoms with van der Waals surface area (Å²) in [4.78, 5) is 24.0. The molecule has 5 heteroatoms. The van der Waals surface area contributed by atoms with Crippen molar-refractivity contribution in [1.29, 1.82) is 0 Å². The van der Waals surface area contributed by atoms with Crippen molar-refractivity contribution in [3.63, 3.8) is 0 Å². The Bertz CT molecular complexity index is 341. The minimum atomic E-state index is -0.975. The number of carboxylic acids is 1. The Morgan fingerprint density at radius 2 is 1.84 bits per heavy atom. The quantitative estimate of drug-likeness (QED) is 0.552. The maximum atomic E-state index is 11.9. The molecule has 0 heterocycles. The molecule has 5 nitrogen and oxygen atoms in total. The van der Waals surface area contributed by atoms with Gasteiger partial charge in [0.25, 0.3) is 0 Å². The van der Waals surface area contributed by atoms with Crippen LogP contribution in [0.2, 0.25) is 0 Å². The first-order valence-corrected chi connectivity index (χ1v) is 6.79. The van der Waals surface area contributed by atoms with E-state index in [1.165, 1.54) is 17.7 Å². The molecular formula is C14H22N2O3.